The molecule has 2 aromatic rings. The molecule has 0 radical (unpaired) electrons. The van der Waals surface area contributed by atoms with Gasteiger partial charge in [0.05, 0.1) is 5.52 Å². The molecule has 4 heteroatoms. The highest BCUT2D eigenvalue weighted by molar-refractivity contribution is 9.10. The van der Waals surface area contributed by atoms with Crippen LogP contribution in [0, 0.1) is 20.8 Å². The third kappa shape index (κ3) is 1.28. The van der Waals surface area contributed by atoms with Crippen LogP contribution in [0.4, 0.5) is 0 Å². The standard InChI is InChI=1S/C11H12BrNO2/c1-5-6(2)9-10(7(3)8(5)12)15-11(14)13(9)4/h1-4H3. The summed E-state index contributed by atoms with van der Waals surface area (Å²) in [6, 6.07) is 0. The molecule has 2 rings (SSSR count). The van der Waals surface area contributed by atoms with Crippen molar-refractivity contribution in [3.05, 3.63) is 31.7 Å². The van der Waals surface area contributed by atoms with Gasteiger partial charge >= 0.3 is 5.76 Å². The molecule has 0 bridgehead atoms. The van der Waals surface area contributed by atoms with E-state index < -0.39 is 0 Å². The van der Waals surface area contributed by atoms with Crippen LogP contribution in [0.1, 0.15) is 16.7 Å². The molecular formula is C11H12BrNO2. The molecule has 1 aromatic heterocycles. The smallest absolute Gasteiger partial charge is 0.407 e. The van der Waals surface area contributed by atoms with Gasteiger partial charge in [0.2, 0.25) is 0 Å². The molecular weight excluding hydrogens is 258 g/mol. The molecule has 0 aliphatic rings. The summed E-state index contributed by atoms with van der Waals surface area (Å²) in [5.74, 6) is -0.311. The van der Waals surface area contributed by atoms with Crippen LogP contribution in [0.25, 0.3) is 11.1 Å². The summed E-state index contributed by atoms with van der Waals surface area (Å²) in [6.45, 7) is 5.97. The van der Waals surface area contributed by atoms with E-state index in [2.05, 4.69) is 15.9 Å². The molecule has 0 amide bonds. The molecule has 0 atom stereocenters. The van der Waals surface area contributed by atoms with Crippen LogP contribution in [0.15, 0.2) is 13.7 Å². The van der Waals surface area contributed by atoms with E-state index in [0.717, 1.165) is 26.7 Å². The van der Waals surface area contributed by atoms with Crippen molar-refractivity contribution in [1.82, 2.24) is 4.57 Å². The van der Waals surface area contributed by atoms with Crippen LogP contribution in [-0.2, 0) is 7.05 Å². The van der Waals surface area contributed by atoms with Gasteiger partial charge in [0.1, 0.15) is 0 Å². The molecule has 0 N–H and O–H groups in total. The Hall–Kier alpha value is -1.03. The zero-order valence-electron chi connectivity index (χ0n) is 9.14. The summed E-state index contributed by atoms with van der Waals surface area (Å²) in [7, 11) is 1.73. The van der Waals surface area contributed by atoms with Crippen molar-refractivity contribution in [1.29, 1.82) is 0 Å². The van der Waals surface area contributed by atoms with Crippen molar-refractivity contribution in [2.24, 2.45) is 7.05 Å². The van der Waals surface area contributed by atoms with E-state index in [0.29, 0.717) is 5.58 Å². The van der Waals surface area contributed by atoms with E-state index in [9.17, 15) is 4.79 Å². The van der Waals surface area contributed by atoms with E-state index in [4.69, 9.17) is 4.42 Å². The molecule has 0 saturated heterocycles. The number of hydrogen-bond acceptors (Lipinski definition) is 2. The Labute approximate surface area is 95.8 Å². The highest BCUT2D eigenvalue weighted by Crippen LogP contribution is 2.31. The Morgan fingerprint density at radius 2 is 1.73 bits per heavy atom. The minimum absolute atomic E-state index is 0.311. The zero-order chi connectivity index (χ0) is 11.3. The van der Waals surface area contributed by atoms with Crippen molar-refractivity contribution in [2.75, 3.05) is 0 Å². The highest BCUT2D eigenvalue weighted by Gasteiger charge is 2.16. The Balaban J connectivity index is 3.14. The summed E-state index contributed by atoms with van der Waals surface area (Å²) in [6.07, 6.45) is 0. The molecule has 15 heavy (non-hydrogen) atoms. The normalized spacial score (nSPS) is 11.3. The third-order valence-corrected chi connectivity index (χ3v) is 4.12. The summed E-state index contributed by atoms with van der Waals surface area (Å²) in [4.78, 5) is 11.4. The second kappa shape index (κ2) is 3.23. The maximum Gasteiger partial charge on any atom is 0.419 e. The highest BCUT2D eigenvalue weighted by atomic mass is 79.9. The second-order valence-electron chi connectivity index (χ2n) is 3.79. The first kappa shape index (κ1) is 10.5. The summed E-state index contributed by atoms with van der Waals surface area (Å²) >= 11 is 3.51. The fourth-order valence-corrected chi connectivity index (χ4v) is 2.32. The van der Waals surface area contributed by atoms with Gasteiger partial charge in [0, 0.05) is 17.1 Å². The number of hydrogen-bond donors (Lipinski definition) is 0. The quantitative estimate of drug-likeness (QED) is 0.737. The topological polar surface area (TPSA) is 35.1 Å². The summed E-state index contributed by atoms with van der Waals surface area (Å²) in [5.41, 5.74) is 4.77. The maximum absolute atomic E-state index is 11.4. The average molecular weight is 270 g/mol. The van der Waals surface area contributed by atoms with Gasteiger partial charge in [-0.3, -0.25) is 4.57 Å². The fourth-order valence-electron chi connectivity index (χ4n) is 1.85. The lowest BCUT2D eigenvalue weighted by atomic mass is 10.0. The molecule has 1 heterocycles. The second-order valence-corrected chi connectivity index (χ2v) is 4.59. The van der Waals surface area contributed by atoms with Gasteiger partial charge in [-0.05, 0) is 31.9 Å². The number of aryl methyl sites for hydroxylation is 3. The van der Waals surface area contributed by atoms with Gasteiger partial charge in [-0.2, -0.15) is 0 Å². The largest absolute Gasteiger partial charge is 0.419 e. The van der Waals surface area contributed by atoms with Crippen LogP contribution in [0.2, 0.25) is 0 Å². The number of oxazole rings is 1. The number of rotatable bonds is 0. The van der Waals surface area contributed by atoms with E-state index in [1.807, 2.05) is 20.8 Å². The monoisotopic (exact) mass is 269 g/mol. The van der Waals surface area contributed by atoms with E-state index in [-0.39, 0.29) is 5.76 Å². The Morgan fingerprint density at radius 1 is 1.13 bits per heavy atom. The Kier molecular flexibility index (Phi) is 2.26. The first-order valence-electron chi connectivity index (χ1n) is 4.70. The van der Waals surface area contributed by atoms with Crippen molar-refractivity contribution in [3.63, 3.8) is 0 Å². The SMILES string of the molecule is Cc1c(Br)c(C)c2oc(=O)n(C)c2c1C. The van der Waals surface area contributed by atoms with Crippen molar-refractivity contribution in [3.8, 4) is 0 Å². The predicted octanol–water partition coefficient (Wildman–Crippen LogP) is 2.82. The van der Waals surface area contributed by atoms with Crippen LogP contribution in [0.3, 0.4) is 0 Å². The minimum Gasteiger partial charge on any atom is -0.407 e. The Bertz CT molecular complexity index is 607. The fraction of sp³-hybridized carbons (Fsp3) is 0.364. The zero-order valence-corrected chi connectivity index (χ0v) is 10.7. The van der Waals surface area contributed by atoms with Gasteiger partial charge in [0.25, 0.3) is 0 Å². The van der Waals surface area contributed by atoms with Crippen molar-refractivity contribution < 1.29 is 4.42 Å². The molecule has 80 valence electrons. The minimum atomic E-state index is -0.311. The lowest BCUT2D eigenvalue weighted by molar-refractivity contribution is 0.526. The summed E-state index contributed by atoms with van der Waals surface area (Å²) < 4.78 is 7.79. The summed E-state index contributed by atoms with van der Waals surface area (Å²) in [5, 5.41) is 0. The van der Waals surface area contributed by atoms with Crippen molar-refractivity contribution >= 4 is 27.0 Å². The molecule has 3 nitrogen and oxygen atoms in total. The van der Waals surface area contributed by atoms with Crippen LogP contribution >= 0.6 is 15.9 Å². The molecule has 0 aliphatic carbocycles. The molecule has 0 fully saturated rings. The number of benzene rings is 1. The van der Waals surface area contributed by atoms with Gasteiger partial charge in [-0.1, -0.05) is 15.9 Å². The van der Waals surface area contributed by atoms with Gasteiger partial charge in [-0.25, -0.2) is 4.79 Å². The molecule has 0 spiro atoms. The van der Waals surface area contributed by atoms with Gasteiger partial charge in [0.15, 0.2) is 5.58 Å². The van der Waals surface area contributed by atoms with E-state index in [1.54, 1.807) is 11.6 Å². The number of fused-ring (bicyclic) bond motifs is 1. The number of halogens is 1. The molecule has 1 aromatic carbocycles. The third-order valence-electron chi connectivity index (χ3n) is 2.93. The van der Waals surface area contributed by atoms with Gasteiger partial charge < -0.3 is 4.42 Å². The van der Waals surface area contributed by atoms with Crippen LogP contribution in [-0.4, -0.2) is 4.57 Å². The van der Waals surface area contributed by atoms with Crippen LogP contribution in [0.5, 0.6) is 0 Å². The van der Waals surface area contributed by atoms with Gasteiger partial charge in [-0.15, -0.1) is 0 Å². The lowest BCUT2D eigenvalue weighted by Gasteiger charge is -2.08. The molecule has 0 aliphatic heterocycles. The van der Waals surface area contributed by atoms with E-state index >= 15 is 0 Å². The van der Waals surface area contributed by atoms with E-state index in [1.165, 1.54) is 0 Å². The van der Waals surface area contributed by atoms with Crippen LogP contribution < -0.4 is 5.76 Å². The average Bonchev–Trinajstić information content (AvgIpc) is 2.50. The lowest BCUT2D eigenvalue weighted by Crippen LogP contribution is -2.09. The first-order chi connectivity index (χ1) is 6.95. The maximum atomic E-state index is 11.4. The predicted molar refractivity (Wildman–Crippen MR) is 63.4 cm³/mol. The number of nitrogens with zero attached hydrogens (tertiary/aromatic N) is 1. The molecule has 0 saturated carbocycles. The van der Waals surface area contributed by atoms with Crippen molar-refractivity contribution in [2.45, 2.75) is 20.8 Å². The molecule has 0 unspecified atom stereocenters. The number of aromatic nitrogens is 1. The Morgan fingerprint density at radius 3 is 2.33 bits per heavy atom. The first-order valence-corrected chi connectivity index (χ1v) is 5.49.